The molecule has 1 saturated heterocycles. The van der Waals surface area contributed by atoms with Gasteiger partial charge in [0.15, 0.2) is 0 Å². The maximum absolute atomic E-state index is 12.5. The van der Waals surface area contributed by atoms with Gasteiger partial charge in [0.25, 0.3) is 0 Å². The van der Waals surface area contributed by atoms with Crippen molar-refractivity contribution in [2.45, 2.75) is 13.3 Å². The summed E-state index contributed by atoms with van der Waals surface area (Å²) in [5.41, 5.74) is 11.8. The molecule has 0 bridgehead atoms. The van der Waals surface area contributed by atoms with E-state index in [0.29, 0.717) is 38.4 Å². The fourth-order valence-electron chi connectivity index (χ4n) is 3.70. The van der Waals surface area contributed by atoms with Crippen molar-refractivity contribution in [3.63, 3.8) is 0 Å². The molecule has 0 saturated carbocycles. The number of anilines is 1. The molecule has 0 atom stereocenters. The molecule has 2 aromatic rings. The van der Waals surface area contributed by atoms with E-state index >= 15 is 0 Å². The summed E-state index contributed by atoms with van der Waals surface area (Å²) in [5, 5.41) is 6.45. The summed E-state index contributed by atoms with van der Waals surface area (Å²) in [5.74, 6) is -0.0560. The molecular formula is C27H33N5O3. The number of aldehydes is 1. The molecule has 1 fully saturated rings. The number of aromatic nitrogens is 1. The highest BCUT2D eigenvalue weighted by Gasteiger charge is 2.14. The lowest BCUT2D eigenvalue weighted by Crippen LogP contribution is -2.39. The molecule has 0 spiro atoms. The number of amides is 1. The predicted octanol–water partition coefficient (Wildman–Crippen LogP) is 2.85. The third-order valence-electron chi connectivity index (χ3n) is 5.68. The van der Waals surface area contributed by atoms with Crippen molar-refractivity contribution < 1.29 is 14.3 Å². The molecule has 0 aliphatic carbocycles. The zero-order chi connectivity index (χ0) is 25.0. The number of carbonyl (C=O) groups excluding carboxylic acids is 2. The van der Waals surface area contributed by atoms with Crippen LogP contribution in [0.4, 0.5) is 5.69 Å². The van der Waals surface area contributed by atoms with E-state index in [-0.39, 0.29) is 5.91 Å². The van der Waals surface area contributed by atoms with Gasteiger partial charge in [0.05, 0.1) is 18.9 Å². The number of allylic oxidation sites excluding steroid dienone is 2. The molecule has 0 radical (unpaired) electrons. The van der Waals surface area contributed by atoms with Crippen LogP contribution >= 0.6 is 0 Å². The Balaban J connectivity index is 1.81. The average Bonchev–Trinajstić information content (AvgIpc) is 2.90. The monoisotopic (exact) mass is 475 g/mol. The topological polar surface area (TPSA) is 110 Å². The molecule has 1 aliphatic rings. The van der Waals surface area contributed by atoms with Crippen molar-refractivity contribution in [1.82, 2.24) is 20.5 Å². The second-order valence-electron chi connectivity index (χ2n) is 8.05. The predicted molar refractivity (Wildman–Crippen MR) is 140 cm³/mol. The number of benzene rings is 1. The number of hydrogen-bond donors (Lipinski definition) is 3. The number of rotatable bonds is 10. The van der Waals surface area contributed by atoms with E-state index in [1.807, 2.05) is 50.4 Å². The molecule has 2 heterocycles. The summed E-state index contributed by atoms with van der Waals surface area (Å²) in [4.78, 5) is 29.8. The van der Waals surface area contributed by atoms with Gasteiger partial charge in [-0.15, -0.1) is 0 Å². The zero-order valence-electron chi connectivity index (χ0n) is 20.3. The van der Waals surface area contributed by atoms with E-state index in [2.05, 4.69) is 15.6 Å². The van der Waals surface area contributed by atoms with E-state index in [1.54, 1.807) is 29.3 Å². The van der Waals surface area contributed by atoms with Gasteiger partial charge in [-0.05, 0) is 56.0 Å². The van der Waals surface area contributed by atoms with Gasteiger partial charge >= 0.3 is 0 Å². The van der Waals surface area contributed by atoms with Crippen LogP contribution in [0.25, 0.3) is 23.0 Å². The molecule has 1 aromatic heterocycles. The Hall–Kier alpha value is -3.75. The second kappa shape index (κ2) is 13.2. The minimum absolute atomic E-state index is 0.0560. The van der Waals surface area contributed by atoms with Crippen LogP contribution in [0.15, 0.2) is 60.5 Å². The number of nitrogen functional groups attached to an aromatic ring is 1. The minimum atomic E-state index is -0.0560. The van der Waals surface area contributed by atoms with Crippen LogP contribution in [0.5, 0.6) is 0 Å². The van der Waals surface area contributed by atoms with Crippen LogP contribution in [-0.4, -0.2) is 62.0 Å². The van der Waals surface area contributed by atoms with E-state index < -0.39 is 0 Å². The fourth-order valence-corrected chi connectivity index (χ4v) is 3.70. The maximum Gasteiger partial charge on any atom is 0.246 e. The SMILES string of the molecule is C/C=C(\N/C(=C/C=O)CCNC)c1ccnc(-c2ccc(N)c(/C=C/C(=O)N3CCOCC3)c2)c1. The first-order valence-corrected chi connectivity index (χ1v) is 11.7. The number of morpholine rings is 1. The molecule has 184 valence electrons. The van der Waals surface area contributed by atoms with Crippen molar-refractivity contribution in [1.29, 1.82) is 0 Å². The molecule has 35 heavy (non-hydrogen) atoms. The summed E-state index contributed by atoms with van der Waals surface area (Å²) in [7, 11) is 1.87. The largest absolute Gasteiger partial charge is 0.398 e. The van der Waals surface area contributed by atoms with E-state index in [0.717, 1.165) is 46.6 Å². The molecule has 8 nitrogen and oxygen atoms in total. The maximum atomic E-state index is 12.5. The standard InChI is InChI=1S/C27H33N5O3/c1-3-25(31-23(10-15-33)9-11-29-2)22-8-12-30-26(19-22)21-4-6-24(28)20(18-21)5-7-27(34)32-13-16-35-17-14-32/h3-8,10,12,15,18-19,29,31H,9,11,13-14,16-17,28H2,1-2H3/b7-5+,23-10+,25-3-. The number of nitrogens with zero attached hydrogens (tertiary/aromatic N) is 2. The molecule has 1 aliphatic heterocycles. The first kappa shape index (κ1) is 25.9. The summed E-state index contributed by atoms with van der Waals surface area (Å²) in [6.07, 6.45) is 10.0. The molecule has 1 aromatic carbocycles. The first-order chi connectivity index (χ1) is 17.0. The lowest BCUT2D eigenvalue weighted by molar-refractivity contribution is -0.129. The number of ether oxygens (including phenoxy) is 1. The fraction of sp³-hybridized carbons (Fsp3) is 0.296. The van der Waals surface area contributed by atoms with Crippen LogP contribution < -0.4 is 16.4 Å². The number of hydrogen-bond acceptors (Lipinski definition) is 7. The summed E-state index contributed by atoms with van der Waals surface area (Å²) < 4.78 is 5.31. The Morgan fingerprint density at radius 2 is 2.03 bits per heavy atom. The van der Waals surface area contributed by atoms with Crippen LogP contribution in [0.3, 0.4) is 0 Å². The van der Waals surface area contributed by atoms with E-state index in [1.165, 1.54) is 0 Å². The van der Waals surface area contributed by atoms with Crippen molar-refractivity contribution in [2.24, 2.45) is 0 Å². The van der Waals surface area contributed by atoms with Crippen molar-refractivity contribution in [2.75, 3.05) is 45.6 Å². The zero-order valence-corrected chi connectivity index (χ0v) is 20.3. The van der Waals surface area contributed by atoms with Crippen LogP contribution in [0.2, 0.25) is 0 Å². The normalized spacial score (nSPS) is 14.9. The Kier molecular flexibility index (Phi) is 9.77. The van der Waals surface area contributed by atoms with Gasteiger partial charge in [-0.3, -0.25) is 14.6 Å². The van der Waals surface area contributed by atoms with Gasteiger partial charge in [0.2, 0.25) is 5.91 Å². The van der Waals surface area contributed by atoms with Crippen molar-refractivity contribution in [3.8, 4) is 11.3 Å². The quantitative estimate of drug-likeness (QED) is 0.275. The Bertz CT molecular complexity index is 1120. The van der Waals surface area contributed by atoms with Crippen LogP contribution in [0.1, 0.15) is 24.5 Å². The van der Waals surface area contributed by atoms with Crippen molar-refractivity contribution in [3.05, 3.63) is 71.6 Å². The molecule has 3 rings (SSSR count). The Morgan fingerprint density at radius 1 is 1.23 bits per heavy atom. The highest BCUT2D eigenvalue weighted by atomic mass is 16.5. The van der Waals surface area contributed by atoms with Gasteiger partial charge in [-0.25, -0.2) is 0 Å². The molecular weight excluding hydrogens is 442 g/mol. The highest BCUT2D eigenvalue weighted by molar-refractivity contribution is 5.93. The lowest BCUT2D eigenvalue weighted by atomic mass is 10.0. The highest BCUT2D eigenvalue weighted by Crippen LogP contribution is 2.26. The average molecular weight is 476 g/mol. The van der Waals surface area contributed by atoms with E-state index in [4.69, 9.17) is 10.5 Å². The Morgan fingerprint density at radius 3 is 2.74 bits per heavy atom. The first-order valence-electron chi connectivity index (χ1n) is 11.7. The minimum Gasteiger partial charge on any atom is -0.398 e. The van der Waals surface area contributed by atoms with Gasteiger partial charge in [-0.1, -0.05) is 12.1 Å². The Labute approximate surface area is 206 Å². The summed E-state index contributed by atoms with van der Waals surface area (Å²) in [6.45, 7) is 5.00. The second-order valence-corrected chi connectivity index (χ2v) is 8.05. The number of nitrogens with one attached hydrogen (secondary N) is 2. The lowest BCUT2D eigenvalue weighted by Gasteiger charge is -2.25. The number of pyridine rings is 1. The smallest absolute Gasteiger partial charge is 0.246 e. The number of nitrogens with two attached hydrogens (primary N) is 1. The number of carbonyl (C=O) groups is 2. The van der Waals surface area contributed by atoms with Gasteiger partial charge in [-0.2, -0.15) is 0 Å². The van der Waals surface area contributed by atoms with Gasteiger partial charge < -0.3 is 26.0 Å². The van der Waals surface area contributed by atoms with Crippen molar-refractivity contribution >= 4 is 29.7 Å². The van der Waals surface area contributed by atoms with Crippen LogP contribution in [0, 0.1) is 0 Å². The molecule has 4 N–H and O–H groups in total. The summed E-state index contributed by atoms with van der Waals surface area (Å²) in [6, 6.07) is 9.56. The molecule has 1 amide bonds. The molecule has 8 heteroatoms. The van der Waals surface area contributed by atoms with Crippen LogP contribution in [-0.2, 0) is 14.3 Å². The summed E-state index contributed by atoms with van der Waals surface area (Å²) >= 11 is 0. The molecule has 0 unspecified atom stereocenters. The third-order valence-corrected chi connectivity index (χ3v) is 5.68. The van der Waals surface area contributed by atoms with Gasteiger partial charge in [0, 0.05) is 66.5 Å². The van der Waals surface area contributed by atoms with Gasteiger partial charge in [0.1, 0.15) is 6.29 Å². The third kappa shape index (κ3) is 7.37. The van der Waals surface area contributed by atoms with E-state index in [9.17, 15) is 9.59 Å².